The summed E-state index contributed by atoms with van der Waals surface area (Å²) >= 11 is 0. The molecule has 2 heteroatoms. The lowest BCUT2D eigenvalue weighted by Crippen LogP contribution is -2.41. The Labute approximate surface area is 91.5 Å². The molecule has 0 radical (unpaired) electrons. The van der Waals surface area contributed by atoms with Gasteiger partial charge in [-0.05, 0) is 38.3 Å². The highest BCUT2D eigenvalue weighted by Crippen LogP contribution is 2.24. The van der Waals surface area contributed by atoms with Crippen molar-refractivity contribution >= 4 is 5.69 Å². The van der Waals surface area contributed by atoms with Crippen LogP contribution in [0.3, 0.4) is 0 Å². The summed E-state index contributed by atoms with van der Waals surface area (Å²) in [6.07, 6.45) is 3.60. The fraction of sp³-hybridized carbons (Fsp3) is 0.538. The molecule has 1 aliphatic rings. The third-order valence-corrected chi connectivity index (χ3v) is 3.20. The number of benzene rings is 1. The van der Waals surface area contributed by atoms with Crippen LogP contribution < -0.4 is 4.90 Å². The van der Waals surface area contributed by atoms with Crippen molar-refractivity contribution in [1.82, 2.24) is 0 Å². The maximum atomic E-state index is 9.34. The molecule has 1 fully saturated rings. The summed E-state index contributed by atoms with van der Waals surface area (Å²) in [5, 5.41) is 9.34. The maximum Gasteiger partial charge on any atom is 0.0635 e. The van der Waals surface area contributed by atoms with E-state index in [1.54, 1.807) is 0 Å². The van der Waals surface area contributed by atoms with Crippen LogP contribution in [-0.4, -0.2) is 24.3 Å². The minimum absolute atomic E-state index is 0.272. The molecule has 82 valence electrons. The Morgan fingerprint density at radius 1 is 1.27 bits per heavy atom. The minimum Gasteiger partial charge on any atom is -0.394 e. The van der Waals surface area contributed by atoms with Crippen LogP contribution in [0.1, 0.15) is 24.8 Å². The number of aryl methyl sites for hydroxylation is 1. The second-order valence-electron chi connectivity index (χ2n) is 4.36. The van der Waals surface area contributed by atoms with Crippen molar-refractivity contribution in [3.63, 3.8) is 0 Å². The minimum atomic E-state index is 0.272. The summed E-state index contributed by atoms with van der Waals surface area (Å²) < 4.78 is 0. The molecule has 1 saturated heterocycles. The third-order valence-electron chi connectivity index (χ3n) is 3.20. The van der Waals surface area contributed by atoms with Crippen LogP contribution in [0.2, 0.25) is 0 Å². The highest BCUT2D eigenvalue weighted by molar-refractivity contribution is 5.48. The second-order valence-corrected chi connectivity index (χ2v) is 4.36. The van der Waals surface area contributed by atoms with Crippen LogP contribution in [0, 0.1) is 6.92 Å². The van der Waals surface area contributed by atoms with Gasteiger partial charge in [0.2, 0.25) is 0 Å². The smallest absolute Gasteiger partial charge is 0.0635 e. The Hall–Kier alpha value is -1.02. The van der Waals surface area contributed by atoms with E-state index in [2.05, 4.69) is 36.1 Å². The van der Waals surface area contributed by atoms with Gasteiger partial charge in [-0.3, -0.25) is 0 Å². The average molecular weight is 205 g/mol. The number of aliphatic hydroxyl groups is 1. The lowest BCUT2D eigenvalue weighted by molar-refractivity contribution is 0.240. The molecular formula is C13H19NO. The summed E-state index contributed by atoms with van der Waals surface area (Å²) in [6.45, 7) is 3.45. The summed E-state index contributed by atoms with van der Waals surface area (Å²) in [5.41, 5.74) is 2.54. The number of rotatable bonds is 2. The van der Waals surface area contributed by atoms with Gasteiger partial charge in [0, 0.05) is 12.2 Å². The van der Waals surface area contributed by atoms with Crippen molar-refractivity contribution in [3.8, 4) is 0 Å². The van der Waals surface area contributed by atoms with Crippen molar-refractivity contribution in [2.75, 3.05) is 18.1 Å². The molecule has 1 aliphatic heterocycles. The molecule has 0 bridgehead atoms. The molecule has 1 atom stereocenters. The van der Waals surface area contributed by atoms with E-state index in [1.165, 1.54) is 24.1 Å². The van der Waals surface area contributed by atoms with Crippen LogP contribution in [0.5, 0.6) is 0 Å². The molecular weight excluding hydrogens is 186 g/mol. The number of piperidine rings is 1. The normalized spacial score (nSPS) is 21.7. The Kier molecular flexibility index (Phi) is 3.27. The van der Waals surface area contributed by atoms with Crippen LogP contribution in [0.25, 0.3) is 0 Å². The van der Waals surface area contributed by atoms with Gasteiger partial charge in [-0.25, -0.2) is 0 Å². The second kappa shape index (κ2) is 4.67. The summed E-state index contributed by atoms with van der Waals surface area (Å²) in [7, 11) is 0. The predicted molar refractivity (Wildman–Crippen MR) is 63.2 cm³/mol. The molecule has 1 N–H and O–H groups in total. The van der Waals surface area contributed by atoms with Gasteiger partial charge < -0.3 is 10.0 Å². The summed E-state index contributed by atoms with van der Waals surface area (Å²) in [5.74, 6) is 0. The summed E-state index contributed by atoms with van der Waals surface area (Å²) in [6, 6.07) is 8.91. The molecule has 1 aromatic carbocycles. The molecule has 0 unspecified atom stereocenters. The van der Waals surface area contributed by atoms with E-state index in [-0.39, 0.29) is 6.61 Å². The van der Waals surface area contributed by atoms with Crippen molar-refractivity contribution in [3.05, 3.63) is 29.8 Å². The Morgan fingerprint density at radius 3 is 2.67 bits per heavy atom. The standard InChI is InChI=1S/C13H19NO/c1-11-5-7-12(8-6-11)14-9-3-2-4-13(14)10-15/h5-8,13,15H,2-4,9-10H2,1H3/t13-/m0/s1. The van der Waals surface area contributed by atoms with E-state index in [9.17, 15) is 5.11 Å². The fourth-order valence-electron chi connectivity index (χ4n) is 2.27. The van der Waals surface area contributed by atoms with E-state index in [0.717, 1.165) is 13.0 Å². The van der Waals surface area contributed by atoms with Gasteiger partial charge in [-0.2, -0.15) is 0 Å². The van der Waals surface area contributed by atoms with Crippen molar-refractivity contribution < 1.29 is 5.11 Å². The first kappa shape index (κ1) is 10.5. The Balaban J connectivity index is 2.16. The van der Waals surface area contributed by atoms with Gasteiger partial charge in [0.05, 0.1) is 12.6 Å². The Bertz CT molecular complexity index is 307. The first-order valence-electron chi connectivity index (χ1n) is 5.75. The van der Waals surface area contributed by atoms with Crippen LogP contribution in [0.4, 0.5) is 5.69 Å². The number of aliphatic hydroxyl groups excluding tert-OH is 1. The lowest BCUT2D eigenvalue weighted by atomic mass is 10.0. The largest absolute Gasteiger partial charge is 0.394 e. The number of hydrogen-bond acceptors (Lipinski definition) is 2. The molecule has 2 rings (SSSR count). The van der Waals surface area contributed by atoms with Crippen molar-refractivity contribution in [1.29, 1.82) is 0 Å². The highest BCUT2D eigenvalue weighted by atomic mass is 16.3. The van der Waals surface area contributed by atoms with Crippen LogP contribution in [-0.2, 0) is 0 Å². The molecule has 1 aromatic rings. The van der Waals surface area contributed by atoms with E-state index in [0.29, 0.717) is 6.04 Å². The molecule has 0 aliphatic carbocycles. The molecule has 1 heterocycles. The quantitative estimate of drug-likeness (QED) is 0.801. The third kappa shape index (κ3) is 2.32. The van der Waals surface area contributed by atoms with Gasteiger partial charge >= 0.3 is 0 Å². The molecule has 0 saturated carbocycles. The maximum absolute atomic E-state index is 9.34. The predicted octanol–water partition coefficient (Wildman–Crippen LogP) is 2.35. The van der Waals surface area contributed by atoms with Crippen LogP contribution >= 0.6 is 0 Å². The Morgan fingerprint density at radius 2 is 2.00 bits per heavy atom. The van der Waals surface area contributed by atoms with Gasteiger partial charge in [0.25, 0.3) is 0 Å². The topological polar surface area (TPSA) is 23.5 Å². The lowest BCUT2D eigenvalue weighted by Gasteiger charge is -2.36. The van der Waals surface area contributed by atoms with Gasteiger partial charge in [-0.1, -0.05) is 17.7 Å². The number of nitrogens with zero attached hydrogens (tertiary/aromatic N) is 1. The number of hydrogen-bond donors (Lipinski definition) is 1. The summed E-state index contributed by atoms with van der Waals surface area (Å²) in [4.78, 5) is 2.34. The zero-order chi connectivity index (χ0) is 10.7. The van der Waals surface area contributed by atoms with E-state index in [1.807, 2.05) is 0 Å². The first-order chi connectivity index (χ1) is 7.31. The van der Waals surface area contributed by atoms with Gasteiger partial charge in [-0.15, -0.1) is 0 Å². The van der Waals surface area contributed by atoms with E-state index < -0.39 is 0 Å². The molecule has 0 aromatic heterocycles. The molecule has 15 heavy (non-hydrogen) atoms. The van der Waals surface area contributed by atoms with Crippen LogP contribution in [0.15, 0.2) is 24.3 Å². The average Bonchev–Trinajstić information content (AvgIpc) is 2.30. The number of anilines is 1. The zero-order valence-electron chi connectivity index (χ0n) is 9.32. The van der Waals surface area contributed by atoms with Crippen molar-refractivity contribution in [2.24, 2.45) is 0 Å². The molecule has 2 nitrogen and oxygen atoms in total. The highest BCUT2D eigenvalue weighted by Gasteiger charge is 2.21. The van der Waals surface area contributed by atoms with E-state index >= 15 is 0 Å². The SMILES string of the molecule is Cc1ccc(N2CCCC[C@H]2CO)cc1. The van der Waals surface area contributed by atoms with Gasteiger partial charge in [0.15, 0.2) is 0 Å². The van der Waals surface area contributed by atoms with Gasteiger partial charge in [0.1, 0.15) is 0 Å². The molecule has 0 spiro atoms. The van der Waals surface area contributed by atoms with Crippen molar-refractivity contribution in [2.45, 2.75) is 32.2 Å². The zero-order valence-corrected chi connectivity index (χ0v) is 9.32. The monoisotopic (exact) mass is 205 g/mol. The van der Waals surface area contributed by atoms with E-state index in [4.69, 9.17) is 0 Å². The molecule has 0 amide bonds. The first-order valence-corrected chi connectivity index (χ1v) is 5.75. The fourth-order valence-corrected chi connectivity index (χ4v) is 2.27.